The topological polar surface area (TPSA) is 67.2 Å². The molecule has 0 aromatic heterocycles. The van der Waals surface area contributed by atoms with Crippen LogP contribution in [-0.4, -0.2) is 26.2 Å². The molecule has 0 aliphatic carbocycles. The highest BCUT2D eigenvalue weighted by molar-refractivity contribution is 6.43. The molecule has 66 valence electrons. The second-order valence-electron chi connectivity index (χ2n) is 3.77. The van der Waals surface area contributed by atoms with E-state index in [1.54, 1.807) is 0 Å². The van der Waals surface area contributed by atoms with Gasteiger partial charge in [0.1, 0.15) is 0 Å². The van der Waals surface area contributed by atoms with Gasteiger partial charge in [0, 0.05) is 0 Å². The van der Waals surface area contributed by atoms with Crippen LogP contribution in [0.15, 0.2) is 4.10 Å². The summed E-state index contributed by atoms with van der Waals surface area (Å²) in [6, 6.07) is 0. The molecular weight excluding hydrogens is 173 g/mol. The molecule has 1 rings (SSSR count). The zero-order chi connectivity index (χ0) is 9.41. The Hall–Kier alpha value is -0.238. The molecule has 5 nitrogen and oxygen atoms in total. The molecule has 0 N–H and O–H groups in total. The second kappa shape index (κ2) is 2.91. The molecule has 0 radical (unpaired) electrons. The molecule has 1 saturated heterocycles. The van der Waals surface area contributed by atoms with Crippen molar-refractivity contribution >= 4 is 15.0 Å². The van der Waals surface area contributed by atoms with E-state index < -0.39 is 15.0 Å². The van der Waals surface area contributed by atoms with E-state index >= 15 is 0 Å². The maximum Gasteiger partial charge on any atom is 0.773 e. The van der Waals surface area contributed by atoms with Gasteiger partial charge in [-0.25, -0.2) is 0 Å². The van der Waals surface area contributed by atoms with Crippen LogP contribution >= 0.6 is 0 Å². The van der Waals surface area contributed by atoms with E-state index in [2.05, 4.69) is 9.01 Å². The molecule has 0 amide bonds. The van der Waals surface area contributed by atoms with Crippen molar-refractivity contribution in [1.29, 1.82) is 0 Å². The van der Waals surface area contributed by atoms with E-state index in [0.717, 1.165) is 0 Å². The Morgan fingerprint density at radius 3 is 1.92 bits per heavy atom. The van der Waals surface area contributed by atoms with Crippen molar-refractivity contribution in [3.05, 3.63) is 10.4 Å². The summed E-state index contributed by atoms with van der Waals surface area (Å²) in [4.78, 5) is 2.69. The lowest BCUT2D eigenvalue weighted by Gasteiger charge is -2.34. The van der Waals surface area contributed by atoms with E-state index in [-0.39, 0.29) is 11.2 Å². The molecular formula is C6H12AlN3O2. The van der Waals surface area contributed by atoms with Crippen molar-refractivity contribution < 1.29 is 7.58 Å². The van der Waals surface area contributed by atoms with Crippen molar-refractivity contribution in [2.75, 3.05) is 0 Å². The average Bonchev–Trinajstić information content (AvgIpc) is 2.02. The van der Waals surface area contributed by atoms with Gasteiger partial charge in [0.2, 0.25) is 0 Å². The number of azide groups is 1. The van der Waals surface area contributed by atoms with Gasteiger partial charge in [-0.2, -0.15) is 0 Å². The third kappa shape index (κ3) is 1.58. The molecule has 0 bridgehead atoms. The smallest absolute Gasteiger partial charge is 0.470 e. The summed E-state index contributed by atoms with van der Waals surface area (Å²) in [5, 5.41) is 0. The van der Waals surface area contributed by atoms with E-state index in [1.165, 1.54) is 0 Å². The zero-order valence-electron chi connectivity index (χ0n) is 7.74. The molecule has 0 unspecified atom stereocenters. The van der Waals surface area contributed by atoms with Crippen LogP contribution in [0.2, 0.25) is 0 Å². The number of hydrogen-bond donors (Lipinski definition) is 0. The fourth-order valence-corrected chi connectivity index (χ4v) is 2.70. The van der Waals surface area contributed by atoms with Gasteiger partial charge in [0.25, 0.3) is 0 Å². The SMILES string of the molecule is CC1(C)[O][Al]([N]=[N+]=[N-])[O]C1(C)C. The fourth-order valence-electron chi connectivity index (χ4n) is 0.901. The van der Waals surface area contributed by atoms with Gasteiger partial charge in [0.15, 0.2) is 0 Å². The molecule has 0 saturated carbocycles. The Bertz CT molecular complexity index is 219. The molecule has 0 atom stereocenters. The first-order chi connectivity index (χ1) is 5.39. The monoisotopic (exact) mass is 185 g/mol. The van der Waals surface area contributed by atoms with Crippen molar-refractivity contribution in [1.82, 2.24) is 0 Å². The minimum absolute atomic E-state index is 0.363. The summed E-state index contributed by atoms with van der Waals surface area (Å²) in [7, 11) is 0. The summed E-state index contributed by atoms with van der Waals surface area (Å²) >= 11 is -2.12. The lowest BCUT2D eigenvalue weighted by Crippen LogP contribution is -2.41. The molecule has 12 heavy (non-hydrogen) atoms. The highest BCUT2D eigenvalue weighted by atomic mass is 27.2. The Morgan fingerprint density at radius 2 is 1.58 bits per heavy atom. The maximum atomic E-state index is 8.20. The first-order valence-corrected chi connectivity index (χ1v) is 5.25. The number of hydrogen-bond acceptors (Lipinski definition) is 3. The van der Waals surface area contributed by atoms with Crippen molar-refractivity contribution in [3.8, 4) is 0 Å². The van der Waals surface area contributed by atoms with E-state index in [9.17, 15) is 0 Å². The second-order valence-corrected chi connectivity index (χ2v) is 5.08. The van der Waals surface area contributed by atoms with E-state index in [0.29, 0.717) is 0 Å². The van der Waals surface area contributed by atoms with Crippen LogP contribution in [0.25, 0.3) is 10.4 Å². The van der Waals surface area contributed by atoms with Gasteiger partial charge >= 0.3 is 15.0 Å². The first-order valence-electron chi connectivity index (χ1n) is 3.79. The third-order valence-corrected chi connectivity index (χ3v) is 4.26. The van der Waals surface area contributed by atoms with Crippen molar-refractivity contribution in [2.24, 2.45) is 4.10 Å². The Balaban J connectivity index is 2.80. The molecule has 1 fully saturated rings. The van der Waals surface area contributed by atoms with Crippen LogP contribution < -0.4 is 0 Å². The summed E-state index contributed by atoms with van der Waals surface area (Å²) in [6.45, 7) is 7.75. The third-order valence-electron chi connectivity index (χ3n) is 2.39. The highest BCUT2D eigenvalue weighted by Crippen LogP contribution is 2.36. The molecule has 1 aliphatic heterocycles. The van der Waals surface area contributed by atoms with Crippen LogP contribution in [0.3, 0.4) is 0 Å². The molecule has 0 spiro atoms. The molecule has 0 aromatic carbocycles. The van der Waals surface area contributed by atoms with Gasteiger partial charge in [-0.3, -0.25) is 0 Å². The average molecular weight is 185 g/mol. The van der Waals surface area contributed by atoms with Gasteiger partial charge in [-0.15, -0.1) is 4.10 Å². The molecule has 1 heterocycles. The quantitative estimate of drug-likeness (QED) is 0.271. The van der Waals surface area contributed by atoms with Gasteiger partial charge in [-0.1, -0.05) is 0 Å². The van der Waals surface area contributed by atoms with Crippen molar-refractivity contribution in [2.45, 2.75) is 38.9 Å². The largest absolute Gasteiger partial charge is 0.773 e. The lowest BCUT2D eigenvalue weighted by molar-refractivity contribution is 0.00578. The minimum Gasteiger partial charge on any atom is -0.470 e. The summed E-state index contributed by atoms with van der Waals surface area (Å²) in [5.74, 6) is 0. The summed E-state index contributed by atoms with van der Waals surface area (Å²) in [6.07, 6.45) is 0. The minimum atomic E-state index is -2.12. The molecule has 1 aliphatic rings. The molecule has 6 heteroatoms. The summed E-state index contributed by atoms with van der Waals surface area (Å²) < 4.78 is 14.5. The Kier molecular flexibility index (Phi) is 2.39. The predicted molar refractivity (Wildman–Crippen MR) is 45.2 cm³/mol. The van der Waals surface area contributed by atoms with Gasteiger partial charge in [-0.05, 0) is 38.1 Å². The summed E-state index contributed by atoms with van der Waals surface area (Å²) in [5.41, 5.74) is 7.47. The van der Waals surface area contributed by atoms with E-state index in [1.807, 2.05) is 27.7 Å². The maximum absolute atomic E-state index is 8.20. The van der Waals surface area contributed by atoms with Gasteiger partial charge < -0.3 is 7.58 Å². The van der Waals surface area contributed by atoms with E-state index in [4.69, 9.17) is 13.1 Å². The van der Waals surface area contributed by atoms with Crippen LogP contribution in [-0.2, 0) is 7.58 Å². The van der Waals surface area contributed by atoms with Crippen LogP contribution in [0.1, 0.15) is 27.7 Å². The first kappa shape index (κ1) is 9.85. The normalized spacial score (nSPS) is 25.2. The predicted octanol–water partition coefficient (Wildman–Crippen LogP) is 1.89. The van der Waals surface area contributed by atoms with Crippen LogP contribution in [0.4, 0.5) is 0 Å². The van der Waals surface area contributed by atoms with Gasteiger partial charge in [0.05, 0.1) is 11.2 Å². The van der Waals surface area contributed by atoms with Crippen LogP contribution in [0.5, 0.6) is 0 Å². The number of nitrogens with zero attached hydrogens (tertiary/aromatic N) is 3. The Morgan fingerprint density at radius 1 is 1.17 bits per heavy atom. The van der Waals surface area contributed by atoms with Crippen LogP contribution in [0, 0.1) is 0 Å². The zero-order valence-corrected chi connectivity index (χ0v) is 8.89. The standard InChI is InChI=1S/C6H12O2.Al.N3/c1-5(2,7)6(3,4)8;;1-3-2/h1-4H3;;/q-2;+3;-1. The fraction of sp³-hybridized carbons (Fsp3) is 1.00. The van der Waals surface area contributed by atoms with Crippen molar-refractivity contribution in [3.63, 3.8) is 0 Å². The lowest BCUT2D eigenvalue weighted by atomic mass is 9.90. The molecule has 0 aromatic rings. The number of rotatable bonds is 1. The Labute approximate surface area is 76.6 Å². The highest BCUT2D eigenvalue weighted by Gasteiger charge is 2.52.